The Labute approximate surface area is 77.8 Å². The van der Waals surface area contributed by atoms with Gasteiger partial charge in [0.05, 0.1) is 6.04 Å². The highest BCUT2D eigenvalue weighted by Crippen LogP contribution is 1.92. The number of hydrogen-bond acceptors (Lipinski definition) is 3. The zero-order valence-electron chi connectivity index (χ0n) is 8.04. The predicted octanol–water partition coefficient (Wildman–Crippen LogP) is -0.896. The third-order valence-electron chi connectivity index (χ3n) is 1.67. The van der Waals surface area contributed by atoms with Crippen molar-refractivity contribution in [1.82, 2.24) is 5.32 Å². The molecule has 0 aliphatic rings. The molecule has 0 heterocycles. The first-order valence-corrected chi connectivity index (χ1v) is 4.31. The van der Waals surface area contributed by atoms with Crippen LogP contribution in [0.5, 0.6) is 0 Å². The molecule has 0 rings (SSSR count). The van der Waals surface area contributed by atoms with Crippen LogP contribution in [0.2, 0.25) is 0 Å². The van der Waals surface area contributed by atoms with Crippen molar-refractivity contribution in [3.05, 3.63) is 0 Å². The first kappa shape index (κ1) is 11.9. The lowest BCUT2D eigenvalue weighted by Gasteiger charge is -2.14. The maximum Gasteiger partial charge on any atom is 0.237 e. The van der Waals surface area contributed by atoms with Gasteiger partial charge in [0, 0.05) is 12.5 Å². The Kier molecular flexibility index (Phi) is 5.06. The summed E-state index contributed by atoms with van der Waals surface area (Å²) in [7, 11) is 0. The number of primary amides is 1. The van der Waals surface area contributed by atoms with E-state index in [0.717, 1.165) is 0 Å². The number of carbonyl (C=O) groups excluding carboxylic acids is 2. The Morgan fingerprint density at radius 2 is 2.00 bits per heavy atom. The van der Waals surface area contributed by atoms with Crippen molar-refractivity contribution in [2.24, 2.45) is 11.5 Å². The second-order valence-corrected chi connectivity index (χ2v) is 3.09. The number of nitrogens with two attached hydrogens (primary N) is 2. The summed E-state index contributed by atoms with van der Waals surface area (Å²) in [5.74, 6) is -0.672. The molecule has 0 aromatic heterocycles. The van der Waals surface area contributed by atoms with Crippen LogP contribution >= 0.6 is 0 Å². The van der Waals surface area contributed by atoms with Crippen molar-refractivity contribution in [2.45, 2.75) is 38.8 Å². The fourth-order valence-electron chi connectivity index (χ4n) is 0.888. The van der Waals surface area contributed by atoms with Crippen molar-refractivity contribution in [3.63, 3.8) is 0 Å². The average Bonchev–Trinajstić information content (AvgIpc) is 2.01. The third kappa shape index (κ3) is 5.19. The molecule has 0 saturated heterocycles. The quantitative estimate of drug-likeness (QED) is 0.520. The van der Waals surface area contributed by atoms with Gasteiger partial charge in [0.25, 0.3) is 0 Å². The SMILES string of the molecule is CC[C@@H](N)C(=O)NC(C)CC(N)=O. The molecule has 0 spiro atoms. The van der Waals surface area contributed by atoms with E-state index in [1.54, 1.807) is 6.92 Å². The highest BCUT2D eigenvalue weighted by atomic mass is 16.2. The number of nitrogens with one attached hydrogen (secondary N) is 1. The molecular weight excluding hydrogens is 170 g/mol. The molecule has 0 fully saturated rings. The van der Waals surface area contributed by atoms with Crippen LogP contribution in [0.4, 0.5) is 0 Å². The van der Waals surface area contributed by atoms with E-state index < -0.39 is 11.9 Å². The molecule has 0 bridgehead atoms. The third-order valence-corrected chi connectivity index (χ3v) is 1.67. The Morgan fingerprint density at radius 3 is 2.38 bits per heavy atom. The van der Waals surface area contributed by atoms with Gasteiger partial charge < -0.3 is 16.8 Å². The molecular formula is C8H17N3O2. The van der Waals surface area contributed by atoms with Crippen molar-refractivity contribution in [2.75, 3.05) is 0 Å². The lowest BCUT2D eigenvalue weighted by atomic mass is 10.2. The van der Waals surface area contributed by atoms with Crippen LogP contribution in [0.25, 0.3) is 0 Å². The molecule has 5 nitrogen and oxygen atoms in total. The van der Waals surface area contributed by atoms with E-state index in [1.807, 2.05) is 6.92 Å². The van der Waals surface area contributed by atoms with Gasteiger partial charge in [0.1, 0.15) is 0 Å². The summed E-state index contributed by atoms with van der Waals surface area (Å²) in [6.07, 6.45) is 0.720. The molecule has 2 amide bonds. The number of hydrogen-bond donors (Lipinski definition) is 3. The van der Waals surface area contributed by atoms with Crippen molar-refractivity contribution < 1.29 is 9.59 Å². The minimum absolute atomic E-state index is 0.141. The number of amides is 2. The van der Waals surface area contributed by atoms with Gasteiger partial charge in [0.2, 0.25) is 11.8 Å². The minimum Gasteiger partial charge on any atom is -0.370 e. The fourth-order valence-corrected chi connectivity index (χ4v) is 0.888. The van der Waals surface area contributed by atoms with Gasteiger partial charge in [-0.2, -0.15) is 0 Å². The molecule has 0 radical (unpaired) electrons. The second kappa shape index (κ2) is 5.53. The molecule has 0 saturated carbocycles. The number of rotatable bonds is 5. The Balaban J connectivity index is 3.84. The normalized spacial score (nSPS) is 14.7. The zero-order chi connectivity index (χ0) is 10.4. The first-order chi connectivity index (χ1) is 5.97. The summed E-state index contributed by atoms with van der Waals surface area (Å²) in [5, 5.41) is 2.60. The highest BCUT2D eigenvalue weighted by Gasteiger charge is 2.14. The molecule has 0 aliphatic carbocycles. The van der Waals surface area contributed by atoms with E-state index >= 15 is 0 Å². The summed E-state index contributed by atoms with van der Waals surface area (Å²) in [6, 6.07) is -0.752. The van der Waals surface area contributed by atoms with E-state index in [1.165, 1.54) is 0 Å². The average molecular weight is 187 g/mol. The molecule has 1 unspecified atom stereocenters. The van der Waals surface area contributed by atoms with Gasteiger partial charge >= 0.3 is 0 Å². The van der Waals surface area contributed by atoms with E-state index in [0.29, 0.717) is 6.42 Å². The molecule has 76 valence electrons. The van der Waals surface area contributed by atoms with E-state index in [2.05, 4.69) is 5.32 Å². The highest BCUT2D eigenvalue weighted by molar-refractivity contribution is 5.82. The van der Waals surface area contributed by atoms with Crippen LogP contribution in [0.3, 0.4) is 0 Å². The summed E-state index contributed by atoms with van der Waals surface area (Å²) >= 11 is 0. The smallest absolute Gasteiger partial charge is 0.237 e. The number of carbonyl (C=O) groups is 2. The fraction of sp³-hybridized carbons (Fsp3) is 0.750. The summed E-state index contributed by atoms with van der Waals surface area (Å²) < 4.78 is 0. The van der Waals surface area contributed by atoms with E-state index in [-0.39, 0.29) is 18.4 Å². The summed E-state index contributed by atoms with van der Waals surface area (Å²) in [5.41, 5.74) is 10.4. The monoisotopic (exact) mass is 187 g/mol. The molecule has 5 heteroatoms. The lowest BCUT2D eigenvalue weighted by Crippen LogP contribution is -2.45. The molecule has 5 N–H and O–H groups in total. The summed E-state index contributed by atoms with van der Waals surface area (Å²) in [6.45, 7) is 3.54. The van der Waals surface area contributed by atoms with E-state index in [4.69, 9.17) is 11.5 Å². The van der Waals surface area contributed by atoms with Gasteiger partial charge in [-0.3, -0.25) is 9.59 Å². The van der Waals surface area contributed by atoms with Crippen LogP contribution < -0.4 is 16.8 Å². The van der Waals surface area contributed by atoms with Crippen LogP contribution in [0, 0.1) is 0 Å². The van der Waals surface area contributed by atoms with Crippen molar-refractivity contribution >= 4 is 11.8 Å². The topological polar surface area (TPSA) is 98.2 Å². The molecule has 13 heavy (non-hydrogen) atoms. The zero-order valence-corrected chi connectivity index (χ0v) is 8.04. The Bertz CT molecular complexity index is 194. The van der Waals surface area contributed by atoms with Gasteiger partial charge in [-0.1, -0.05) is 6.92 Å². The minimum atomic E-state index is -0.504. The molecule has 2 atom stereocenters. The van der Waals surface area contributed by atoms with Gasteiger partial charge in [-0.05, 0) is 13.3 Å². The van der Waals surface area contributed by atoms with Crippen LogP contribution in [-0.2, 0) is 9.59 Å². The Hall–Kier alpha value is -1.10. The van der Waals surface area contributed by atoms with Crippen LogP contribution in [0.1, 0.15) is 26.7 Å². The predicted molar refractivity (Wildman–Crippen MR) is 49.7 cm³/mol. The maximum atomic E-state index is 11.2. The summed E-state index contributed by atoms with van der Waals surface area (Å²) in [4.78, 5) is 21.6. The van der Waals surface area contributed by atoms with Crippen molar-refractivity contribution in [1.29, 1.82) is 0 Å². The van der Waals surface area contributed by atoms with E-state index in [9.17, 15) is 9.59 Å². The second-order valence-electron chi connectivity index (χ2n) is 3.09. The lowest BCUT2D eigenvalue weighted by molar-refractivity contribution is -0.123. The molecule has 0 aliphatic heterocycles. The largest absolute Gasteiger partial charge is 0.370 e. The van der Waals surface area contributed by atoms with Gasteiger partial charge in [-0.15, -0.1) is 0 Å². The van der Waals surface area contributed by atoms with Crippen LogP contribution in [0.15, 0.2) is 0 Å². The van der Waals surface area contributed by atoms with Gasteiger partial charge in [-0.25, -0.2) is 0 Å². The molecule has 0 aromatic rings. The maximum absolute atomic E-state index is 11.2. The van der Waals surface area contributed by atoms with Crippen LogP contribution in [-0.4, -0.2) is 23.9 Å². The standard InChI is InChI=1S/C8H17N3O2/c1-3-6(9)8(13)11-5(2)4-7(10)12/h5-6H,3-4,9H2,1-2H3,(H2,10,12)(H,11,13)/t5?,6-/m1/s1. The Morgan fingerprint density at radius 1 is 1.46 bits per heavy atom. The van der Waals surface area contributed by atoms with Gasteiger partial charge in [0.15, 0.2) is 0 Å². The van der Waals surface area contributed by atoms with Crippen molar-refractivity contribution in [3.8, 4) is 0 Å². The first-order valence-electron chi connectivity index (χ1n) is 4.31. The molecule has 0 aromatic carbocycles.